The molecule has 0 fully saturated rings. The smallest absolute Gasteiger partial charge is 0.231 e. The molecule has 4 aromatic rings. The highest BCUT2D eigenvalue weighted by atomic mass is 32.2. The van der Waals surface area contributed by atoms with E-state index in [-0.39, 0.29) is 12.7 Å². The molecule has 1 aliphatic rings. The van der Waals surface area contributed by atoms with Crippen molar-refractivity contribution in [3.8, 4) is 34.0 Å². The topological polar surface area (TPSA) is 65.4 Å². The summed E-state index contributed by atoms with van der Waals surface area (Å²) in [6.45, 7) is 3.90. The fourth-order valence-corrected chi connectivity index (χ4v) is 5.67. The zero-order valence-electron chi connectivity index (χ0n) is 22.4. The van der Waals surface area contributed by atoms with Gasteiger partial charge < -0.3 is 19.4 Å². The number of carbonyl (C=O) groups excluding carboxylic acids is 1. The highest BCUT2D eigenvalue weighted by Gasteiger charge is 2.20. The van der Waals surface area contributed by atoms with Crippen LogP contribution in [0.15, 0.2) is 84.0 Å². The van der Waals surface area contributed by atoms with E-state index in [4.69, 9.17) is 14.5 Å². The van der Waals surface area contributed by atoms with Crippen LogP contribution in [0.2, 0.25) is 0 Å². The monoisotopic (exact) mass is 541 g/mol. The Balaban J connectivity index is 1.19. The molecule has 202 valence electrons. The zero-order valence-corrected chi connectivity index (χ0v) is 23.2. The first-order valence-corrected chi connectivity index (χ1v) is 14.7. The van der Waals surface area contributed by atoms with Gasteiger partial charge in [-0.2, -0.15) is 0 Å². The molecule has 1 amide bonds. The first kappa shape index (κ1) is 26.9. The summed E-state index contributed by atoms with van der Waals surface area (Å²) in [5, 5.41) is 4.07. The third kappa shape index (κ3) is 6.84. The number of hydrogen-bond acceptors (Lipinski definition) is 5. The van der Waals surface area contributed by atoms with Gasteiger partial charge in [-0.25, -0.2) is 4.98 Å². The van der Waals surface area contributed by atoms with Gasteiger partial charge in [0.1, 0.15) is 0 Å². The van der Waals surface area contributed by atoms with Crippen LogP contribution in [0.25, 0.3) is 22.5 Å². The molecule has 39 heavy (non-hydrogen) atoms. The number of benzene rings is 3. The van der Waals surface area contributed by atoms with Crippen LogP contribution in [0, 0.1) is 0 Å². The van der Waals surface area contributed by atoms with Crippen molar-refractivity contribution < 1.29 is 14.3 Å². The fourth-order valence-electron chi connectivity index (χ4n) is 4.64. The normalized spacial score (nSPS) is 12.0. The largest absolute Gasteiger partial charge is 0.454 e. The van der Waals surface area contributed by atoms with E-state index < -0.39 is 0 Å². The Kier molecular flexibility index (Phi) is 9.22. The summed E-state index contributed by atoms with van der Waals surface area (Å²) >= 11 is 1.79. The van der Waals surface area contributed by atoms with Crippen molar-refractivity contribution in [3.05, 3.63) is 84.4 Å². The predicted molar refractivity (Wildman–Crippen MR) is 157 cm³/mol. The van der Waals surface area contributed by atoms with Crippen LogP contribution in [0.1, 0.15) is 44.6 Å². The highest BCUT2D eigenvalue weighted by Crippen LogP contribution is 2.36. The number of thioether (sulfide) groups is 1. The van der Waals surface area contributed by atoms with Gasteiger partial charge in [-0.05, 0) is 37.0 Å². The third-order valence-electron chi connectivity index (χ3n) is 6.72. The van der Waals surface area contributed by atoms with Crippen LogP contribution in [-0.4, -0.2) is 28.0 Å². The SMILES string of the molecule is CCCCn1c(SCCCCC(=O)NCc2ccc3c(c2)OCO3)nc(-c2ccccc2)c1-c1ccccc1. The Hall–Kier alpha value is -3.71. The number of imidazole rings is 1. The summed E-state index contributed by atoms with van der Waals surface area (Å²) in [6.07, 6.45) is 4.52. The standard InChI is InChI=1S/C32H35N3O3S/c1-2-3-19-35-31(26-14-8-5-9-15-26)30(25-12-6-4-7-13-25)34-32(35)39-20-11-10-16-29(36)33-22-24-17-18-27-28(21-24)38-23-37-27/h4-9,12-15,17-18,21H,2-3,10-11,16,19-20,22-23H2,1H3,(H,33,36). The van der Waals surface area contributed by atoms with Crippen molar-refractivity contribution in [3.63, 3.8) is 0 Å². The van der Waals surface area contributed by atoms with Gasteiger partial charge in [0.05, 0.1) is 11.4 Å². The fraction of sp³-hybridized carbons (Fsp3) is 0.312. The summed E-state index contributed by atoms with van der Waals surface area (Å²) in [7, 11) is 0. The lowest BCUT2D eigenvalue weighted by molar-refractivity contribution is -0.121. The lowest BCUT2D eigenvalue weighted by Crippen LogP contribution is -2.22. The van der Waals surface area contributed by atoms with Gasteiger partial charge in [-0.1, -0.05) is 91.8 Å². The second kappa shape index (κ2) is 13.4. The minimum absolute atomic E-state index is 0.0693. The number of hydrogen-bond donors (Lipinski definition) is 1. The maximum Gasteiger partial charge on any atom is 0.231 e. The molecule has 1 N–H and O–H groups in total. The Morgan fingerprint density at radius 3 is 2.44 bits per heavy atom. The quantitative estimate of drug-likeness (QED) is 0.142. The highest BCUT2D eigenvalue weighted by molar-refractivity contribution is 7.99. The molecule has 3 aromatic carbocycles. The van der Waals surface area contributed by atoms with E-state index in [0.717, 1.165) is 71.5 Å². The van der Waals surface area contributed by atoms with Crippen LogP contribution >= 0.6 is 11.8 Å². The van der Waals surface area contributed by atoms with E-state index in [1.165, 1.54) is 11.3 Å². The molecule has 0 radical (unpaired) electrons. The van der Waals surface area contributed by atoms with Crippen molar-refractivity contribution in [2.45, 2.75) is 57.3 Å². The van der Waals surface area contributed by atoms with Crippen molar-refractivity contribution in [2.75, 3.05) is 12.5 Å². The molecular weight excluding hydrogens is 506 g/mol. The third-order valence-corrected chi connectivity index (χ3v) is 7.78. The lowest BCUT2D eigenvalue weighted by atomic mass is 10.0. The van der Waals surface area contributed by atoms with E-state index in [9.17, 15) is 4.79 Å². The molecule has 1 aromatic heterocycles. The summed E-state index contributed by atoms with van der Waals surface area (Å²) in [5.74, 6) is 2.48. The van der Waals surface area contributed by atoms with Gasteiger partial charge >= 0.3 is 0 Å². The maximum atomic E-state index is 12.4. The molecule has 0 unspecified atom stereocenters. The first-order valence-electron chi connectivity index (χ1n) is 13.7. The zero-order chi connectivity index (χ0) is 26.9. The van der Waals surface area contributed by atoms with E-state index >= 15 is 0 Å². The van der Waals surface area contributed by atoms with Crippen molar-refractivity contribution >= 4 is 17.7 Å². The van der Waals surface area contributed by atoms with E-state index in [0.29, 0.717) is 13.0 Å². The number of fused-ring (bicyclic) bond motifs is 1. The molecule has 1 aliphatic heterocycles. The first-order chi connectivity index (χ1) is 19.2. The summed E-state index contributed by atoms with van der Waals surface area (Å²) in [5.41, 5.74) is 5.54. The molecule has 0 saturated heterocycles. The molecule has 6 nitrogen and oxygen atoms in total. The van der Waals surface area contributed by atoms with Gasteiger partial charge in [-0.3, -0.25) is 4.79 Å². The number of carbonyl (C=O) groups is 1. The van der Waals surface area contributed by atoms with Gasteiger partial charge in [0.25, 0.3) is 0 Å². The number of nitrogens with one attached hydrogen (secondary N) is 1. The average Bonchev–Trinajstić information content (AvgIpc) is 3.60. The summed E-state index contributed by atoms with van der Waals surface area (Å²) in [4.78, 5) is 17.6. The van der Waals surface area contributed by atoms with E-state index in [1.807, 2.05) is 24.3 Å². The second-order valence-electron chi connectivity index (χ2n) is 9.60. The number of amides is 1. The van der Waals surface area contributed by atoms with Crippen LogP contribution in [0.4, 0.5) is 0 Å². The summed E-state index contributed by atoms with van der Waals surface area (Å²) in [6, 6.07) is 26.8. The van der Waals surface area contributed by atoms with Crippen LogP contribution in [0.3, 0.4) is 0 Å². The predicted octanol–water partition coefficient (Wildman–Crippen LogP) is 7.32. The molecule has 7 heteroatoms. The number of aromatic nitrogens is 2. The van der Waals surface area contributed by atoms with Gasteiger partial charge in [-0.15, -0.1) is 0 Å². The minimum Gasteiger partial charge on any atom is -0.454 e. The van der Waals surface area contributed by atoms with E-state index in [1.54, 1.807) is 11.8 Å². The van der Waals surface area contributed by atoms with Gasteiger partial charge in [0.15, 0.2) is 16.7 Å². The molecule has 0 saturated carbocycles. The van der Waals surface area contributed by atoms with Crippen molar-refractivity contribution in [1.29, 1.82) is 0 Å². The van der Waals surface area contributed by atoms with Gasteiger partial charge in [0.2, 0.25) is 12.7 Å². The molecule has 0 spiro atoms. The van der Waals surface area contributed by atoms with Crippen molar-refractivity contribution in [1.82, 2.24) is 14.9 Å². The average molecular weight is 542 g/mol. The second-order valence-corrected chi connectivity index (χ2v) is 10.7. The Morgan fingerprint density at radius 2 is 1.67 bits per heavy atom. The van der Waals surface area contributed by atoms with Crippen LogP contribution in [0.5, 0.6) is 11.5 Å². The molecular formula is C32H35N3O3S. The molecule has 0 aliphatic carbocycles. The number of ether oxygens (including phenoxy) is 2. The van der Waals surface area contributed by atoms with E-state index in [2.05, 4.69) is 71.4 Å². The molecule has 0 atom stereocenters. The number of rotatable bonds is 13. The lowest BCUT2D eigenvalue weighted by Gasteiger charge is -2.12. The van der Waals surface area contributed by atoms with Gasteiger partial charge in [0, 0.05) is 36.4 Å². The van der Waals surface area contributed by atoms with Crippen LogP contribution < -0.4 is 14.8 Å². The Bertz CT molecular complexity index is 1370. The minimum atomic E-state index is 0.0693. The van der Waals surface area contributed by atoms with Crippen molar-refractivity contribution in [2.24, 2.45) is 0 Å². The molecule has 2 heterocycles. The number of unbranched alkanes of at least 4 members (excludes halogenated alkanes) is 2. The van der Waals surface area contributed by atoms with Crippen LogP contribution in [-0.2, 0) is 17.9 Å². The maximum absolute atomic E-state index is 12.4. The Labute approximate surface area is 234 Å². The molecule has 5 rings (SSSR count). The molecule has 0 bridgehead atoms. The Morgan fingerprint density at radius 1 is 0.923 bits per heavy atom. The summed E-state index contributed by atoms with van der Waals surface area (Å²) < 4.78 is 13.2. The number of nitrogens with zero attached hydrogens (tertiary/aromatic N) is 2.